The van der Waals surface area contributed by atoms with Crippen molar-refractivity contribution in [3.05, 3.63) is 182 Å². The van der Waals surface area contributed by atoms with Gasteiger partial charge in [-0.2, -0.15) is 0 Å². The lowest BCUT2D eigenvalue weighted by Gasteiger charge is -2.08. The average Bonchev–Trinajstić information content (AvgIpc) is 3.96. The predicted octanol–water partition coefficient (Wildman–Crippen LogP) is 13.4. The van der Waals surface area contributed by atoms with Gasteiger partial charge in [0, 0.05) is 49.3 Å². The zero-order valence-corrected chi connectivity index (χ0v) is 30.4. The largest absolute Gasteiger partial charge is 0.455 e. The number of benzene rings is 8. The lowest BCUT2D eigenvalue weighted by Crippen LogP contribution is -2.00. The molecule has 0 radical (unpaired) electrons. The van der Waals surface area contributed by atoms with Gasteiger partial charge in [0.1, 0.15) is 22.3 Å². The van der Waals surface area contributed by atoms with Gasteiger partial charge in [0.25, 0.3) is 0 Å². The van der Waals surface area contributed by atoms with Crippen molar-refractivity contribution >= 4 is 65.7 Å². The summed E-state index contributed by atoms with van der Waals surface area (Å²) in [5.74, 6) is 1.77. The molecule has 0 N–H and O–H groups in total. The monoisotopic (exact) mass is 730 g/mol. The maximum absolute atomic E-state index is 6.97. The van der Waals surface area contributed by atoms with Crippen molar-refractivity contribution in [1.29, 1.82) is 0 Å². The lowest BCUT2D eigenvalue weighted by atomic mass is 9.99. The molecule has 0 spiro atoms. The van der Waals surface area contributed by atoms with Gasteiger partial charge in [0.15, 0.2) is 17.5 Å². The standard InChI is InChI=1S/C51H30N4O2/c1-4-14-31(15-5-1)49-52-50(32-16-6-2-7-17-32)54-51(53-49)40-24-13-23-38-37-22-12-21-35(46(37)57-47(38)40)33-26-28-42-41(30-33)45-43(55(42)34-18-8-3-9-19-34)29-27-39-36-20-10-11-25-44(36)56-48(39)45/h1-30H. The second-order valence-electron chi connectivity index (χ2n) is 14.3. The molecule has 4 aromatic heterocycles. The molecule has 0 amide bonds. The molecule has 0 saturated heterocycles. The lowest BCUT2D eigenvalue weighted by molar-refractivity contribution is 0.670. The van der Waals surface area contributed by atoms with E-state index in [2.05, 4.69) is 108 Å². The number of aromatic nitrogens is 4. The molecule has 0 atom stereocenters. The van der Waals surface area contributed by atoms with Crippen LogP contribution in [0.5, 0.6) is 0 Å². The van der Waals surface area contributed by atoms with Crippen LogP contribution in [-0.4, -0.2) is 19.5 Å². The highest BCUT2D eigenvalue weighted by atomic mass is 16.3. The molecule has 8 aromatic carbocycles. The number of hydrogen-bond acceptors (Lipinski definition) is 5. The summed E-state index contributed by atoms with van der Waals surface area (Å²) in [4.78, 5) is 15.0. The van der Waals surface area contributed by atoms with Crippen molar-refractivity contribution in [3.8, 4) is 51.0 Å². The molecule has 6 heteroatoms. The van der Waals surface area contributed by atoms with Gasteiger partial charge in [0.2, 0.25) is 0 Å². The molecule has 12 rings (SSSR count). The van der Waals surface area contributed by atoms with Gasteiger partial charge >= 0.3 is 0 Å². The summed E-state index contributed by atoms with van der Waals surface area (Å²) in [6, 6.07) is 62.6. The molecule has 4 heterocycles. The third kappa shape index (κ3) is 4.87. The maximum atomic E-state index is 6.97. The molecule has 0 aliphatic carbocycles. The van der Waals surface area contributed by atoms with E-state index in [1.807, 2.05) is 78.9 Å². The normalized spacial score (nSPS) is 11.9. The summed E-state index contributed by atoms with van der Waals surface area (Å²) in [6.45, 7) is 0. The van der Waals surface area contributed by atoms with E-state index >= 15 is 0 Å². The first-order chi connectivity index (χ1) is 28.3. The van der Waals surface area contributed by atoms with Crippen LogP contribution in [0.4, 0.5) is 0 Å². The number of para-hydroxylation sites is 4. The molecule has 12 aromatic rings. The van der Waals surface area contributed by atoms with E-state index in [0.717, 1.165) is 99.2 Å². The first kappa shape index (κ1) is 31.5. The highest BCUT2D eigenvalue weighted by Crippen LogP contribution is 2.44. The number of hydrogen-bond donors (Lipinski definition) is 0. The number of fused-ring (bicyclic) bond motifs is 10. The van der Waals surface area contributed by atoms with Crippen molar-refractivity contribution in [1.82, 2.24) is 19.5 Å². The predicted molar refractivity (Wildman–Crippen MR) is 230 cm³/mol. The zero-order valence-electron chi connectivity index (χ0n) is 30.4. The molecule has 266 valence electrons. The van der Waals surface area contributed by atoms with Crippen molar-refractivity contribution in [2.45, 2.75) is 0 Å². The fraction of sp³-hybridized carbons (Fsp3) is 0. The van der Waals surface area contributed by atoms with E-state index in [1.54, 1.807) is 0 Å². The van der Waals surface area contributed by atoms with Crippen LogP contribution in [0, 0.1) is 0 Å². The van der Waals surface area contributed by atoms with E-state index < -0.39 is 0 Å². The van der Waals surface area contributed by atoms with Crippen LogP contribution in [0.1, 0.15) is 0 Å². The number of nitrogens with zero attached hydrogens (tertiary/aromatic N) is 4. The highest BCUT2D eigenvalue weighted by Gasteiger charge is 2.22. The zero-order chi connectivity index (χ0) is 37.5. The van der Waals surface area contributed by atoms with Crippen molar-refractivity contribution in [3.63, 3.8) is 0 Å². The Bertz CT molecular complexity index is 3450. The summed E-state index contributed by atoms with van der Waals surface area (Å²) in [5.41, 5.74) is 11.3. The van der Waals surface area contributed by atoms with E-state index in [0.29, 0.717) is 17.5 Å². The Balaban J connectivity index is 1.09. The molecule has 57 heavy (non-hydrogen) atoms. The molecular weight excluding hydrogens is 701 g/mol. The molecule has 0 bridgehead atoms. The van der Waals surface area contributed by atoms with Gasteiger partial charge in [0.05, 0.1) is 22.0 Å². The third-order valence-electron chi connectivity index (χ3n) is 11.1. The van der Waals surface area contributed by atoms with Crippen molar-refractivity contribution in [2.24, 2.45) is 0 Å². The Morgan fingerprint density at radius 3 is 1.63 bits per heavy atom. The van der Waals surface area contributed by atoms with E-state index in [1.165, 1.54) is 0 Å². The Labute approximate surface area is 325 Å². The van der Waals surface area contributed by atoms with E-state index in [-0.39, 0.29) is 0 Å². The summed E-state index contributed by atoms with van der Waals surface area (Å²) in [7, 11) is 0. The molecule has 0 fully saturated rings. The van der Waals surface area contributed by atoms with Gasteiger partial charge in [-0.15, -0.1) is 0 Å². The quantitative estimate of drug-likeness (QED) is 0.176. The first-order valence-electron chi connectivity index (χ1n) is 19.0. The maximum Gasteiger partial charge on any atom is 0.167 e. The Morgan fingerprint density at radius 2 is 0.912 bits per heavy atom. The topological polar surface area (TPSA) is 69.9 Å². The number of furan rings is 2. The number of rotatable bonds is 5. The van der Waals surface area contributed by atoms with Crippen LogP contribution in [0.25, 0.3) is 117 Å². The fourth-order valence-electron chi connectivity index (χ4n) is 8.46. The van der Waals surface area contributed by atoms with E-state index in [4.69, 9.17) is 23.8 Å². The summed E-state index contributed by atoms with van der Waals surface area (Å²) in [6.07, 6.45) is 0. The molecule has 0 unspecified atom stereocenters. The fourth-order valence-corrected chi connectivity index (χ4v) is 8.46. The molecule has 6 nitrogen and oxygen atoms in total. The Kier molecular flexibility index (Phi) is 6.83. The van der Waals surface area contributed by atoms with Crippen molar-refractivity contribution < 1.29 is 8.83 Å². The van der Waals surface area contributed by atoms with Crippen LogP contribution >= 0.6 is 0 Å². The SMILES string of the molecule is c1ccc(-c2nc(-c3ccccc3)nc(-c3cccc4c3oc3c(-c5ccc6c(c5)c5c7oc8ccccc8c7ccc5n6-c5ccccc5)cccc34)n2)cc1. The van der Waals surface area contributed by atoms with Crippen LogP contribution in [-0.2, 0) is 0 Å². The molecule has 0 aliphatic heterocycles. The minimum absolute atomic E-state index is 0.555. The molecule has 0 saturated carbocycles. The first-order valence-corrected chi connectivity index (χ1v) is 19.0. The Morgan fingerprint density at radius 1 is 0.351 bits per heavy atom. The van der Waals surface area contributed by atoms with Crippen molar-refractivity contribution in [2.75, 3.05) is 0 Å². The highest BCUT2D eigenvalue weighted by molar-refractivity contribution is 6.24. The summed E-state index contributed by atoms with van der Waals surface area (Å²) >= 11 is 0. The van der Waals surface area contributed by atoms with Crippen LogP contribution in [0.3, 0.4) is 0 Å². The van der Waals surface area contributed by atoms with Crippen LogP contribution < -0.4 is 0 Å². The smallest absolute Gasteiger partial charge is 0.167 e. The van der Waals surface area contributed by atoms with Gasteiger partial charge in [-0.25, -0.2) is 15.0 Å². The van der Waals surface area contributed by atoms with Gasteiger partial charge in [-0.1, -0.05) is 133 Å². The summed E-state index contributed by atoms with van der Waals surface area (Å²) < 4.78 is 16.0. The third-order valence-corrected chi connectivity index (χ3v) is 11.1. The average molecular weight is 731 g/mol. The molecular formula is C51H30N4O2. The van der Waals surface area contributed by atoms with Crippen LogP contribution in [0.2, 0.25) is 0 Å². The Hall–Kier alpha value is -7.83. The second-order valence-corrected chi connectivity index (χ2v) is 14.3. The second kappa shape index (κ2) is 12.3. The van der Waals surface area contributed by atoms with Gasteiger partial charge in [-0.3, -0.25) is 0 Å². The van der Waals surface area contributed by atoms with Crippen LogP contribution in [0.15, 0.2) is 191 Å². The minimum Gasteiger partial charge on any atom is -0.455 e. The minimum atomic E-state index is 0.555. The molecule has 0 aliphatic rings. The van der Waals surface area contributed by atoms with E-state index in [9.17, 15) is 0 Å². The van der Waals surface area contributed by atoms with Gasteiger partial charge in [-0.05, 0) is 54.1 Å². The summed E-state index contributed by atoms with van der Waals surface area (Å²) in [5, 5.41) is 6.43. The van der Waals surface area contributed by atoms with Gasteiger partial charge < -0.3 is 13.4 Å².